The van der Waals surface area contributed by atoms with Gasteiger partial charge in [0.25, 0.3) is 0 Å². The summed E-state index contributed by atoms with van der Waals surface area (Å²) in [6, 6.07) is 14.3. The zero-order chi connectivity index (χ0) is 21.0. The van der Waals surface area contributed by atoms with Gasteiger partial charge in [-0.3, -0.25) is 4.79 Å². The van der Waals surface area contributed by atoms with Gasteiger partial charge in [-0.2, -0.15) is 4.31 Å². The third kappa shape index (κ3) is 3.42. The first-order valence-electron chi connectivity index (χ1n) is 9.70. The summed E-state index contributed by atoms with van der Waals surface area (Å²) in [7, 11) is -3.67. The van der Waals surface area contributed by atoms with Gasteiger partial charge in [-0.25, -0.2) is 8.42 Å². The number of sulfonamides is 1. The molecule has 2 fully saturated rings. The quantitative estimate of drug-likeness (QED) is 0.630. The molecule has 0 radical (unpaired) electrons. The molecule has 29 heavy (non-hydrogen) atoms. The molecular weight excluding hydrogens is 429 g/mol. The second kappa shape index (κ2) is 7.38. The first kappa shape index (κ1) is 20.9. The smallest absolute Gasteiger partial charge is 0.221 e. The van der Waals surface area contributed by atoms with E-state index in [1.807, 2.05) is 50.2 Å². The second-order valence-electron chi connectivity index (χ2n) is 8.37. The van der Waals surface area contributed by atoms with E-state index in [4.69, 9.17) is 23.2 Å². The zero-order valence-electron chi connectivity index (χ0n) is 16.3. The second-order valence-corrected chi connectivity index (χ2v) is 11.5. The van der Waals surface area contributed by atoms with E-state index in [1.54, 1.807) is 16.4 Å². The van der Waals surface area contributed by atoms with Crippen LogP contribution in [0, 0.1) is 0 Å². The molecule has 4 rings (SSSR count). The Bertz CT molecular complexity index is 1040. The number of halogens is 2. The van der Waals surface area contributed by atoms with E-state index in [9.17, 15) is 13.2 Å². The molecule has 2 aromatic rings. The van der Waals surface area contributed by atoms with Crippen LogP contribution in [0.25, 0.3) is 0 Å². The number of benzene rings is 2. The van der Waals surface area contributed by atoms with Crippen LogP contribution in [0.5, 0.6) is 0 Å². The fourth-order valence-electron chi connectivity index (χ4n) is 4.84. The van der Waals surface area contributed by atoms with Gasteiger partial charge in [0.15, 0.2) is 0 Å². The minimum Gasteiger partial charge on any atom is -0.300 e. The molecule has 0 amide bonds. The highest BCUT2D eigenvalue weighted by atomic mass is 35.5. The van der Waals surface area contributed by atoms with Crippen LogP contribution in [0.3, 0.4) is 0 Å². The number of carbonyl (C=O) groups is 1. The molecule has 1 saturated carbocycles. The third-order valence-electron chi connectivity index (χ3n) is 6.11. The number of hydrogen-bond acceptors (Lipinski definition) is 3. The summed E-state index contributed by atoms with van der Waals surface area (Å²) < 4.78 is 28.0. The van der Waals surface area contributed by atoms with Crippen LogP contribution in [-0.2, 0) is 14.8 Å². The Morgan fingerprint density at radius 1 is 1.00 bits per heavy atom. The van der Waals surface area contributed by atoms with Crippen molar-refractivity contribution < 1.29 is 13.2 Å². The van der Waals surface area contributed by atoms with E-state index in [2.05, 4.69) is 0 Å². The predicted octanol–water partition coefficient (Wildman–Crippen LogP) is 5.36. The SMILES string of the molecule is CC(C)N1[C@H](c2ccc(Cl)cc2)[C@@H](c2cccc(Cl)c2)CC2(CC(=O)C2)S1(=O)=O. The van der Waals surface area contributed by atoms with Crippen molar-refractivity contribution in [1.82, 2.24) is 4.31 Å². The number of rotatable bonds is 3. The van der Waals surface area contributed by atoms with Crippen molar-refractivity contribution in [1.29, 1.82) is 0 Å². The summed E-state index contributed by atoms with van der Waals surface area (Å²) in [6.45, 7) is 3.77. The highest BCUT2D eigenvalue weighted by Crippen LogP contribution is 2.56. The lowest BCUT2D eigenvalue weighted by atomic mass is 9.72. The fraction of sp³-hybridized carbons (Fsp3) is 0.409. The standard InChI is InChI=1S/C22H23Cl2NO3S/c1-14(2)25-21(15-6-8-17(23)9-7-15)20(16-4-3-5-18(24)10-16)13-22(29(25,27)28)11-19(26)12-22/h3-10,14,20-21H,11-13H2,1-2H3/t20-,21-/m1/s1. The maximum atomic E-state index is 13.7. The van der Waals surface area contributed by atoms with Gasteiger partial charge in [-0.15, -0.1) is 0 Å². The van der Waals surface area contributed by atoms with Crippen LogP contribution < -0.4 is 0 Å². The van der Waals surface area contributed by atoms with Crippen molar-refractivity contribution in [3.05, 3.63) is 69.7 Å². The third-order valence-corrected chi connectivity index (χ3v) is 9.35. The molecule has 0 bridgehead atoms. The highest BCUT2D eigenvalue weighted by Gasteiger charge is 2.62. The van der Waals surface area contributed by atoms with E-state index in [1.165, 1.54) is 0 Å². The molecule has 1 heterocycles. The summed E-state index contributed by atoms with van der Waals surface area (Å²) in [5, 5.41) is 1.21. The maximum Gasteiger partial charge on any atom is 0.221 e. The molecule has 1 saturated heterocycles. The van der Waals surface area contributed by atoms with E-state index < -0.39 is 20.8 Å². The lowest BCUT2D eigenvalue weighted by molar-refractivity contribution is -0.126. The van der Waals surface area contributed by atoms with Gasteiger partial charge in [-0.1, -0.05) is 47.5 Å². The molecule has 4 nitrogen and oxygen atoms in total. The normalized spacial score (nSPS) is 25.9. The molecule has 0 unspecified atom stereocenters. The van der Waals surface area contributed by atoms with Crippen molar-refractivity contribution in [2.75, 3.05) is 0 Å². The molecule has 154 valence electrons. The average Bonchev–Trinajstić information content (AvgIpc) is 2.62. The van der Waals surface area contributed by atoms with Gasteiger partial charge in [0.05, 0.1) is 6.04 Å². The van der Waals surface area contributed by atoms with E-state index in [-0.39, 0.29) is 30.6 Å². The van der Waals surface area contributed by atoms with Crippen molar-refractivity contribution in [3.8, 4) is 0 Å². The maximum absolute atomic E-state index is 13.7. The van der Waals surface area contributed by atoms with Crippen molar-refractivity contribution in [2.45, 2.75) is 55.9 Å². The Morgan fingerprint density at radius 2 is 1.66 bits per heavy atom. The number of hydrogen-bond donors (Lipinski definition) is 0. The molecule has 0 N–H and O–H groups in total. The van der Waals surface area contributed by atoms with Crippen LogP contribution in [0.4, 0.5) is 0 Å². The van der Waals surface area contributed by atoms with Gasteiger partial charge < -0.3 is 0 Å². The van der Waals surface area contributed by atoms with Gasteiger partial charge in [-0.05, 0) is 55.7 Å². The van der Waals surface area contributed by atoms with Crippen LogP contribution >= 0.6 is 23.2 Å². The Morgan fingerprint density at radius 3 is 2.21 bits per heavy atom. The Hall–Kier alpha value is -1.40. The molecule has 1 aliphatic heterocycles. The van der Waals surface area contributed by atoms with E-state index in [0.29, 0.717) is 16.5 Å². The van der Waals surface area contributed by atoms with Gasteiger partial charge >= 0.3 is 0 Å². The summed E-state index contributed by atoms with van der Waals surface area (Å²) in [6.07, 6.45) is 0.573. The van der Waals surface area contributed by atoms with Crippen molar-refractivity contribution in [3.63, 3.8) is 0 Å². The lowest BCUT2D eigenvalue weighted by Crippen LogP contribution is -2.63. The summed E-state index contributed by atoms with van der Waals surface area (Å²) in [4.78, 5) is 11.9. The van der Waals surface area contributed by atoms with Crippen LogP contribution in [-0.4, -0.2) is 29.3 Å². The monoisotopic (exact) mass is 451 g/mol. The molecule has 2 aromatic carbocycles. The molecule has 7 heteroatoms. The van der Waals surface area contributed by atoms with Gasteiger partial charge in [0.2, 0.25) is 10.0 Å². The topological polar surface area (TPSA) is 54.5 Å². The summed E-state index contributed by atoms with van der Waals surface area (Å²) in [5.74, 6) is -0.110. The fourth-order valence-corrected chi connectivity index (χ4v) is 7.81. The van der Waals surface area contributed by atoms with Gasteiger partial charge in [0.1, 0.15) is 10.5 Å². The molecular formula is C22H23Cl2NO3S. The number of nitrogens with zero attached hydrogens (tertiary/aromatic N) is 1. The molecule has 1 aliphatic carbocycles. The molecule has 1 spiro atoms. The molecule has 2 aliphatic rings. The Kier molecular flexibility index (Phi) is 5.31. The van der Waals surface area contributed by atoms with Crippen LogP contribution in [0.2, 0.25) is 10.0 Å². The minimum absolute atomic E-state index is 0.00654. The minimum atomic E-state index is -3.67. The number of Topliss-reactive ketones (excluding diaryl/α,β-unsaturated/α-hetero) is 1. The predicted molar refractivity (Wildman–Crippen MR) is 116 cm³/mol. The van der Waals surface area contributed by atoms with Crippen molar-refractivity contribution >= 4 is 39.0 Å². The Labute approximate surface area is 181 Å². The van der Waals surface area contributed by atoms with E-state index in [0.717, 1.165) is 11.1 Å². The zero-order valence-corrected chi connectivity index (χ0v) is 18.6. The van der Waals surface area contributed by atoms with Crippen LogP contribution in [0.1, 0.15) is 56.2 Å². The van der Waals surface area contributed by atoms with Crippen LogP contribution in [0.15, 0.2) is 48.5 Å². The first-order valence-corrected chi connectivity index (χ1v) is 11.9. The Balaban J connectivity index is 1.91. The van der Waals surface area contributed by atoms with E-state index >= 15 is 0 Å². The largest absolute Gasteiger partial charge is 0.300 e. The summed E-state index contributed by atoms with van der Waals surface area (Å²) >= 11 is 12.4. The molecule has 0 aromatic heterocycles. The summed E-state index contributed by atoms with van der Waals surface area (Å²) in [5.41, 5.74) is 1.87. The highest BCUT2D eigenvalue weighted by molar-refractivity contribution is 7.90. The number of carbonyl (C=O) groups excluding carboxylic acids is 1. The molecule has 2 atom stereocenters. The van der Waals surface area contributed by atoms with Crippen molar-refractivity contribution in [2.24, 2.45) is 0 Å². The number of ketones is 1. The first-order chi connectivity index (χ1) is 13.6. The average molecular weight is 452 g/mol. The lowest BCUT2D eigenvalue weighted by Gasteiger charge is -2.54. The van der Waals surface area contributed by atoms with Gasteiger partial charge in [0, 0.05) is 34.8 Å².